The van der Waals surface area contributed by atoms with Crippen molar-refractivity contribution in [1.82, 2.24) is 9.55 Å². The fraction of sp³-hybridized carbons (Fsp3) is 0.267. The van der Waals surface area contributed by atoms with Crippen molar-refractivity contribution < 1.29 is 0 Å². The molecule has 1 heterocycles. The van der Waals surface area contributed by atoms with Gasteiger partial charge in [0, 0.05) is 23.2 Å². The zero-order chi connectivity index (χ0) is 12.4. The van der Waals surface area contributed by atoms with Gasteiger partial charge in [0.2, 0.25) is 0 Å². The van der Waals surface area contributed by atoms with E-state index in [1.54, 1.807) is 4.45 Å². The van der Waals surface area contributed by atoms with Crippen LogP contribution in [-0.4, -0.2) is 9.55 Å². The average molecular weight is 254 g/mol. The lowest BCUT2D eigenvalue weighted by atomic mass is 9.86. The van der Waals surface area contributed by atoms with E-state index in [2.05, 4.69) is 50.6 Å². The summed E-state index contributed by atoms with van der Waals surface area (Å²) in [7, 11) is 2.53. The van der Waals surface area contributed by atoms with Crippen molar-refractivity contribution in [2.45, 2.75) is 19.3 Å². The molecule has 1 unspecified atom stereocenters. The van der Waals surface area contributed by atoms with Gasteiger partial charge in [0.15, 0.2) is 0 Å². The number of hydrogen-bond donors (Lipinski definition) is 0. The van der Waals surface area contributed by atoms with Crippen LogP contribution in [0.25, 0.3) is 11.1 Å². The summed E-state index contributed by atoms with van der Waals surface area (Å²) in [6.07, 6.45) is 7.75. The largest absolute Gasteiger partial charge is 0.258 e. The highest BCUT2D eigenvalue weighted by atomic mass is 31.0. The molecule has 0 aliphatic heterocycles. The van der Waals surface area contributed by atoms with Crippen LogP contribution in [0.3, 0.4) is 0 Å². The number of nitrogens with zero attached hydrogens (tertiary/aromatic N) is 2. The maximum atomic E-state index is 4.15. The van der Waals surface area contributed by atoms with E-state index in [0.29, 0.717) is 5.92 Å². The summed E-state index contributed by atoms with van der Waals surface area (Å²) in [6, 6.07) is 8.38. The molecule has 0 N–H and O–H groups in total. The molecule has 1 aliphatic carbocycles. The first-order valence-corrected chi connectivity index (χ1v) is 6.74. The summed E-state index contributed by atoms with van der Waals surface area (Å²) in [5, 5.41) is 4.15. The van der Waals surface area contributed by atoms with Gasteiger partial charge in [-0.25, -0.2) is 0 Å². The van der Waals surface area contributed by atoms with Gasteiger partial charge in [-0.3, -0.25) is 4.45 Å². The molecule has 1 aromatic carbocycles. The van der Waals surface area contributed by atoms with Crippen LogP contribution in [0.1, 0.15) is 24.8 Å². The molecule has 0 spiro atoms. The second-order valence-electron chi connectivity index (χ2n) is 4.68. The minimum absolute atomic E-state index is 0.639. The summed E-state index contributed by atoms with van der Waals surface area (Å²) >= 11 is 0. The minimum atomic E-state index is 0.639. The highest BCUT2D eigenvalue weighted by Crippen LogP contribution is 2.25. The molecular formula is C15H15N2P. The second-order valence-corrected chi connectivity index (χ2v) is 5.21. The molecule has 1 fully saturated rings. The van der Waals surface area contributed by atoms with Gasteiger partial charge in [0.25, 0.3) is 0 Å². The summed E-state index contributed by atoms with van der Waals surface area (Å²) in [5.74, 6) is 7.22. The molecule has 0 saturated heterocycles. The van der Waals surface area contributed by atoms with Gasteiger partial charge >= 0.3 is 0 Å². The third kappa shape index (κ3) is 2.47. The molecule has 0 bridgehead atoms. The Hall–Kier alpha value is -1.58. The van der Waals surface area contributed by atoms with E-state index >= 15 is 0 Å². The number of hydrogen-bond acceptors (Lipinski definition) is 1. The van der Waals surface area contributed by atoms with E-state index in [9.17, 15) is 0 Å². The van der Waals surface area contributed by atoms with Crippen LogP contribution in [0, 0.1) is 17.8 Å². The highest BCUT2D eigenvalue weighted by molar-refractivity contribution is 7.14. The summed E-state index contributed by atoms with van der Waals surface area (Å²) in [5.41, 5.74) is 3.41. The van der Waals surface area contributed by atoms with Crippen molar-refractivity contribution in [2.24, 2.45) is 5.92 Å². The van der Waals surface area contributed by atoms with Crippen molar-refractivity contribution in [3.05, 3.63) is 42.2 Å². The monoisotopic (exact) mass is 254 g/mol. The van der Waals surface area contributed by atoms with E-state index < -0.39 is 0 Å². The molecule has 3 rings (SSSR count). The molecular weight excluding hydrogens is 239 g/mol. The Morgan fingerprint density at radius 2 is 1.94 bits per heavy atom. The molecule has 3 heteroatoms. The van der Waals surface area contributed by atoms with Crippen molar-refractivity contribution in [1.29, 1.82) is 0 Å². The zero-order valence-corrected chi connectivity index (χ0v) is 11.3. The van der Waals surface area contributed by atoms with E-state index in [1.165, 1.54) is 24.8 Å². The average Bonchev–Trinajstić information content (AvgIpc) is 2.75. The number of aromatic nitrogens is 2. The Kier molecular flexibility index (Phi) is 3.17. The van der Waals surface area contributed by atoms with E-state index in [1.807, 2.05) is 12.4 Å². The van der Waals surface area contributed by atoms with Gasteiger partial charge in [-0.05, 0) is 39.9 Å². The molecule has 0 amide bonds. The third-order valence-corrected chi connectivity index (χ3v) is 3.63. The first-order valence-electron chi connectivity index (χ1n) is 6.23. The molecule has 0 radical (unpaired) electrons. The van der Waals surface area contributed by atoms with Crippen molar-refractivity contribution in [3.8, 4) is 23.0 Å². The lowest BCUT2D eigenvalue weighted by Crippen LogP contribution is -2.07. The standard InChI is InChI=1S/C15H15N2P/c18-17-11-15(10-16-17)14-8-6-13(7-9-14)5-4-12-2-1-3-12/h6-12H,1-3,18H2. The normalized spacial score (nSPS) is 14.7. The van der Waals surface area contributed by atoms with Crippen LogP contribution in [0.5, 0.6) is 0 Å². The summed E-state index contributed by atoms with van der Waals surface area (Å²) < 4.78 is 1.74. The number of benzene rings is 1. The van der Waals surface area contributed by atoms with Gasteiger partial charge in [-0.1, -0.05) is 30.4 Å². The Labute approximate surface area is 110 Å². The summed E-state index contributed by atoms with van der Waals surface area (Å²) in [6.45, 7) is 0. The van der Waals surface area contributed by atoms with E-state index in [4.69, 9.17) is 0 Å². The van der Waals surface area contributed by atoms with E-state index in [-0.39, 0.29) is 0 Å². The van der Waals surface area contributed by atoms with Crippen LogP contribution in [0.15, 0.2) is 36.7 Å². The van der Waals surface area contributed by atoms with Crippen molar-refractivity contribution >= 4 is 9.39 Å². The Morgan fingerprint density at radius 3 is 2.50 bits per heavy atom. The third-order valence-electron chi connectivity index (χ3n) is 3.35. The molecule has 2 aromatic rings. The van der Waals surface area contributed by atoms with Gasteiger partial charge in [0.05, 0.1) is 6.20 Å². The van der Waals surface area contributed by atoms with Crippen LogP contribution >= 0.6 is 9.39 Å². The topological polar surface area (TPSA) is 17.8 Å². The van der Waals surface area contributed by atoms with Gasteiger partial charge < -0.3 is 0 Å². The van der Waals surface area contributed by atoms with Crippen LogP contribution in [0.4, 0.5) is 0 Å². The minimum Gasteiger partial charge on any atom is -0.258 e. The maximum absolute atomic E-state index is 4.15. The zero-order valence-electron chi connectivity index (χ0n) is 10.1. The molecule has 1 saturated carbocycles. The fourth-order valence-corrected chi connectivity index (χ4v) is 2.20. The highest BCUT2D eigenvalue weighted by Gasteiger charge is 2.13. The Bertz CT molecular complexity index is 597. The van der Waals surface area contributed by atoms with Crippen LogP contribution in [0.2, 0.25) is 0 Å². The lowest BCUT2D eigenvalue weighted by Gasteiger charge is -2.18. The van der Waals surface area contributed by atoms with Crippen LogP contribution < -0.4 is 0 Å². The second kappa shape index (κ2) is 4.96. The molecule has 1 aromatic heterocycles. The SMILES string of the molecule is Pn1cc(-c2ccc(C#CC3CCC3)cc2)cn1. The molecule has 2 nitrogen and oxygen atoms in total. The van der Waals surface area contributed by atoms with Gasteiger partial charge in [-0.2, -0.15) is 5.10 Å². The number of rotatable bonds is 1. The Balaban J connectivity index is 1.77. The van der Waals surface area contributed by atoms with E-state index in [0.717, 1.165) is 11.1 Å². The van der Waals surface area contributed by atoms with Crippen molar-refractivity contribution in [3.63, 3.8) is 0 Å². The Morgan fingerprint density at radius 1 is 1.17 bits per heavy atom. The predicted octanol–water partition coefficient (Wildman–Crippen LogP) is 3.34. The molecule has 1 atom stereocenters. The molecule has 90 valence electrons. The fourth-order valence-electron chi connectivity index (χ4n) is 1.97. The lowest BCUT2D eigenvalue weighted by molar-refractivity contribution is 0.401. The predicted molar refractivity (Wildman–Crippen MR) is 77.0 cm³/mol. The smallest absolute Gasteiger partial charge is 0.0571 e. The van der Waals surface area contributed by atoms with Crippen LogP contribution in [-0.2, 0) is 0 Å². The quantitative estimate of drug-likeness (QED) is 0.563. The molecule has 18 heavy (non-hydrogen) atoms. The molecule has 1 aliphatic rings. The summed E-state index contributed by atoms with van der Waals surface area (Å²) in [4.78, 5) is 0. The maximum Gasteiger partial charge on any atom is 0.0571 e. The first kappa shape index (κ1) is 11.5. The van der Waals surface area contributed by atoms with Gasteiger partial charge in [-0.15, -0.1) is 0 Å². The van der Waals surface area contributed by atoms with Crippen molar-refractivity contribution in [2.75, 3.05) is 0 Å². The van der Waals surface area contributed by atoms with Gasteiger partial charge in [0.1, 0.15) is 0 Å². The first-order chi connectivity index (χ1) is 8.81.